The number of aromatic nitrogens is 4. The highest BCUT2D eigenvalue weighted by molar-refractivity contribution is 7.97. The second-order valence-corrected chi connectivity index (χ2v) is 9.04. The Hall–Kier alpha value is -2.93. The number of hydroxylamine groups is 2. The van der Waals surface area contributed by atoms with E-state index >= 15 is 0 Å². The highest BCUT2D eigenvalue weighted by Gasteiger charge is 2.45. The number of amides is 2. The van der Waals surface area contributed by atoms with E-state index in [4.69, 9.17) is 21.2 Å². The number of ether oxygens (including phenoxy) is 1. The van der Waals surface area contributed by atoms with E-state index in [1.807, 2.05) is 36.6 Å². The van der Waals surface area contributed by atoms with Gasteiger partial charge in [0.05, 0.1) is 29.2 Å². The van der Waals surface area contributed by atoms with Crippen LogP contribution >= 0.6 is 34.9 Å². The SMILES string of the molecule is C=CCON(C(=O)Cl)C1CN(C(=O)OCc2ccccc2)C(c2nncn2SC)c2ncsc21. The first-order valence-corrected chi connectivity index (χ1v) is 12.6. The average molecular weight is 521 g/mol. The fourth-order valence-electron chi connectivity index (χ4n) is 3.61. The van der Waals surface area contributed by atoms with Crippen molar-refractivity contribution in [2.75, 3.05) is 19.4 Å². The third-order valence-corrected chi connectivity index (χ3v) is 6.87. The van der Waals surface area contributed by atoms with Gasteiger partial charge in [0.1, 0.15) is 25.0 Å². The van der Waals surface area contributed by atoms with E-state index in [0.717, 1.165) is 15.5 Å². The standard InChI is InChI=1S/C21H21ClN6O4S2/c1-3-9-32-28(20(22)29)15-10-26(21(30)31-11-14-7-5-4-6-8-14)17(16-18(15)34-13-23-16)19-25-24-12-27(19)33-2/h3-8,12-13,15,17H,1,9-11H2,2H3. The third-order valence-electron chi connectivity index (χ3n) is 5.08. The molecule has 2 aromatic heterocycles. The Balaban J connectivity index is 1.72. The molecule has 2 atom stereocenters. The van der Waals surface area contributed by atoms with Crippen molar-refractivity contribution >= 4 is 46.3 Å². The zero-order chi connectivity index (χ0) is 24.1. The van der Waals surface area contributed by atoms with Crippen LogP contribution in [0.25, 0.3) is 0 Å². The highest BCUT2D eigenvalue weighted by Crippen LogP contribution is 2.43. The molecule has 0 spiro atoms. The van der Waals surface area contributed by atoms with E-state index < -0.39 is 23.5 Å². The molecule has 0 N–H and O–H groups in total. The van der Waals surface area contributed by atoms with Crippen LogP contribution in [-0.4, -0.2) is 60.0 Å². The molecule has 0 bridgehead atoms. The van der Waals surface area contributed by atoms with Crippen LogP contribution in [0.2, 0.25) is 0 Å². The molecule has 3 aromatic rings. The molecule has 34 heavy (non-hydrogen) atoms. The Morgan fingerprint density at radius 1 is 1.38 bits per heavy atom. The molecule has 0 aliphatic carbocycles. The van der Waals surface area contributed by atoms with Gasteiger partial charge in [-0.25, -0.2) is 9.78 Å². The van der Waals surface area contributed by atoms with Gasteiger partial charge in [0, 0.05) is 6.26 Å². The molecule has 1 aliphatic heterocycles. The normalized spacial score (nSPS) is 17.2. The molecule has 0 saturated carbocycles. The molecule has 4 rings (SSSR count). The Labute approximate surface area is 209 Å². The largest absolute Gasteiger partial charge is 0.445 e. The molecule has 10 nitrogen and oxygen atoms in total. The molecule has 178 valence electrons. The van der Waals surface area contributed by atoms with Crippen LogP contribution in [0, 0.1) is 0 Å². The highest BCUT2D eigenvalue weighted by atomic mass is 35.5. The quantitative estimate of drug-likeness (QED) is 0.186. The molecule has 0 fully saturated rings. The fourth-order valence-corrected chi connectivity index (χ4v) is 5.13. The molecule has 3 heterocycles. The van der Waals surface area contributed by atoms with Crippen LogP contribution in [-0.2, 0) is 16.2 Å². The van der Waals surface area contributed by atoms with Crippen LogP contribution in [0.15, 0.2) is 54.8 Å². The minimum absolute atomic E-state index is 0.0460. The zero-order valence-electron chi connectivity index (χ0n) is 18.1. The molecule has 1 aromatic carbocycles. The van der Waals surface area contributed by atoms with Gasteiger partial charge < -0.3 is 4.74 Å². The van der Waals surface area contributed by atoms with E-state index in [2.05, 4.69) is 21.8 Å². The molecule has 2 unspecified atom stereocenters. The van der Waals surface area contributed by atoms with Crippen molar-refractivity contribution in [2.24, 2.45) is 0 Å². The summed E-state index contributed by atoms with van der Waals surface area (Å²) in [6.45, 7) is 3.80. The van der Waals surface area contributed by atoms with Gasteiger partial charge in [0.15, 0.2) is 5.82 Å². The van der Waals surface area contributed by atoms with Gasteiger partial charge >= 0.3 is 11.5 Å². The van der Waals surface area contributed by atoms with Crippen LogP contribution < -0.4 is 0 Å². The van der Waals surface area contributed by atoms with E-state index in [1.165, 1.54) is 34.3 Å². The number of nitrogens with zero attached hydrogens (tertiary/aromatic N) is 6. The lowest BCUT2D eigenvalue weighted by atomic mass is 10.0. The summed E-state index contributed by atoms with van der Waals surface area (Å²) in [4.78, 5) is 37.9. The van der Waals surface area contributed by atoms with Crippen LogP contribution in [0.4, 0.5) is 9.59 Å². The summed E-state index contributed by atoms with van der Waals surface area (Å²) in [5.41, 5.74) is 3.04. The van der Waals surface area contributed by atoms with E-state index in [0.29, 0.717) is 11.5 Å². The molecule has 0 radical (unpaired) electrons. The van der Waals surface area contributed by atoms with E-state index in [-0.39, 0.29) is 19.8 Å². The van der Waals surface area contributed by atoms with Gasteiger partial charge in [-0.1, -0.05) is 36.4 Å². The maximum Gasteiger partial charge on any atom is 0.411 e. The van der Waals surface area contributed by atoms with Gasteiger partial charge in [-0.3, -0.25) is 18.5 Å². The Morgan fingerprint density at radius 3 is 2.88 bits per heavy atom. The molecular formula is C21H21ClN6O4S2. The monoisotopic (exact) mass is 520 g/mol. The molecule has 1 aliphatic rings. The molecule has 0 saturated heterocycles. The van der Waals surface area contributed by atoms with Crippen molar-refractivity contribution in [1.82, 2.24) is 29.1 Å². The fraction of sp³-hybridized carbons (Fsp3) is 0.286. The maximum absolute atomic E-state index is 13.4. The Morgan fingerprint density at radius 2 is 2.18 bits per heavy atom. The summed E-state index contributed by atoms with van der Waals surface area (Å²) in [5.74, 6) is 0.505. The van der Waals surface area contributed by atoms with Crippen LogP contribution in [0.1, 0.15) is 34.0 Å². The number of carbonyl (C=O) groups is 2. The number of carbonyl (C=O) groups excluding carboxylic acids is 2. The first kappa shape index (κ1) is 24.2. The van der Waals surface area contributed by atoms with Crippen molar-refractivity contribution in [3.63, 3.8) is 0 Å². The van der Waals surface area contributed by atoms with Crippen LogP contribution in [0.5, 0.6) is 0 Å². The van der Waals surface area contributed by atoms with Gasteiger partial charge in [-0.2, -0.15) is 5.06 Å². The van der Waals surface area contributed by atoms with Gasteiger partial charge in [0.25, 0.3) is 0 Å². The van der Waals surface area contributed by atoms with E-state index in [9.17, 15) is 9.59 Å². The average Bonchev–Trinajstić information content (AvgIpc) is 3.52. The summed E-state index contributed by atoms with van der Waals surface area (Å²) < 4.78 is 7.39. The minimum Gasteiger partial charge on any atom is -0.445 e. The van der Waals surface area contributed by atoms with Gasteiger partial charge in [-0.05, 0) is 29.1 Å². The lowest BCUT2D eigenvalue weighted by Gasteiger charge is -2.40. The summed E-state index contributed by atoms with van der Waals surface area (Å²) >= 11 is 8.57. The topological polar surface area (TPSA) is 103 Å². The zero-order valence-corrected chi connectivity index (χ0v) is 20.5. The lowest BCUT2D eigenvalue weighted by Crippen LogP contribution is -2.48. The van der Waals surface area contributed by atoms with Crippen molar-refractivity contribution in [2.45, 2.75) is 18.7 Å². The second kappa shape index (κ2) is 11.0. The predicted molar refractivity (Wildman–Crippen MR) is 128 cm³/mol. The second-order valence-electron chi connectivity index (χ2n) is 7.07. The number of rotatable bonds is 8. The Kier molecular flexibility index (Phi) is 7.83. The number of thiazole rings is 1. The van der Waals surface area contributed by atoms with Crippen molar-refractivity contribution in [3.8, 4) is 0 Å². The Bertz CT molecular complexity index is 1160. The maximum atomic E-state index is 13.4. The summed E-state index contributed by atoms with van der Waals surface area (Å²) in [5, 5.41) is 8.46. The number of benzene rings is 1. The van der Waals surface area contributed by atoms with Crippen molar-refractivity contribution in [1.29, 1.82) is 0 Å². The number of hydrogen-bond donors (Lipinski definition) is 0. The van der Waals surface area contributed by atoms with Crippen molar-refractivity contribution in [3.05, 3.63) is 76.8 Å². The predicted octanol–water partition coefficient (Wildman–Crippen LogP) is 4.42. The summed E-state index contributed by atoms with van der Waals surface area (Å²) in [6, 6.07) is 7.98. The van der Waals surface area contributed by atoms with Gasteiger partial charge in [0.2, 0.25) is 0 Å². The number of fused-ring (bicyclic) bond motifs is 1. The number of halogens is 1. The first-order chi connectivity index (χ1) is 16.5. The van der Waals surface area contributed by atoms with Gasteiger partial charge in [-0.15, -0.1) is 28.1 Å². The third kappa shape index (κ3) is 4.94. The van der Waals surface area contributed by atoms with E-state index in [1.54, 1.807) is 15.8 Å². The molecule has 13 heteroatoms. The first-order valence-electron chi connectivity index (χ1n) is 10.1. The lowest BCUT2D eigenvalue weighted by molar-refractivity contribution is -0.134. The minimum atomic E-state index is -0.825. The number of hydrogen-bond acceptors (Lipinski definition) is 9. The summed E-state index contributed by atoms with van der Waals surface area (Å²) in [7, 11) is 0. The smallest absolute Gasteiger partial charge is 0.411 e. The van der Waals surface area contributed by atoms with Crippen LogP contribution in [0.3, 0.4) is 0 Å². The molecular weight excluding hydrogens is 500 g/mol. The summed E-state index contributed by atoms with van der Waals surface area (Å²) in [6.07, 6.45) is 4.33. The molecule has 2 amide bonds. The van der Waals surface area contributed by atoms with Crippen molar-refractivity contribution < 1.29 is 19.2 Å².